The van der Waals surface area contributed by atoms with E-state index in [1.807, 2.05) is 26.0 Å². The van der Waals surface area contributed by atoms with Crippen LogP contribution in [0.3, 0.4) is 0 Å². The number of aryl methyl sites for hydroxylation is 2. The maximum absolute atomic E-state index is 13.3. The van der Waals surface area contributed by atoms with Crippen LogP contribution in [-0.4, -0.2) is 25.0 Å². The van der Waals surface area contributed by atoms with Crippen molar-refractivity contribution in [2.45, 2.75) is 32.7 Å². The largest absolute Gasteiger partial charge is 0.399 e. The van der Waals surface area contributed by atoms with Crippen LogP contribution in [0.4, 0.5) is 15.8 Å². The lowest BCUT2D eigenvalue weighted by Gasteiger charge is -2.35. The van der Waals surface area contributed by atoms with E-state index in [-0.39, 0.29) is 17.8 Å². The summed E-state index contributed by atoms with van der Waals surface area (Å²) in [7, 11) is 0. The van der Waals surface area contributed by atoms with Gasteiger partial charge in [-0.1, -0.05) is 6.07 Å². The number of piperidine rings is 1. The molecule has 1 aliphatic rings. The summed E-state index contributed by atoms with van der Waals surface area (Å²) in [5.74, 6) is -0.312. The number of carbonyl (C=O) groups excluding carboxylic acids is 1. The van der Waals surface area contributed by atoms with Crippen molar-refractivity contribution in [2.24, 2.45) is 0 Å². The van der Waals surface area contributed by atoms with Crippen LogP contribution < -0.4 is 16.0 Å². The smallest absolute Gasteiger partial charge is 0.251 e. The van der Waals surface area contributed by atoms with Gasteiger partial charge in [-0.3, -0.25) is 4.79 Å². The SMILES string of the molecule is Cc1ccc(N)cc1C(=O)NC1CCCN(c2ccc(F)cc2C)C1. The lowest BCUT2D eigenvalue weighted by Crippen LogP contribution is -2.48. The first kappa shape index (κ1) is 17.3. The second kappa shape index (κ2) is 7.13. The van der Waals surface area contributed by atoms with Crippen molar-refractivity contribution in [3.63, 3.8) is 0 Å². The molecule has 0 spiro atoms. The number of amides is 1. The number of hydrogen-bond donors (Lipinski definition) is 2. The molecule has 3 N–H and O–H groups in total. The average molecular weight is 341 g/mol. The van der Waals surface area contributed by atoms with E-state index in [2.05, 4.69) is 10.2 Å². The number of nitrogens with one attached hydrogen (secondary N) is 1. The van der Waals surface area contributed by atoms with E-state index < -0.39 is 0 Å². The summed E-state index contributed by atoms with van der Waals surface area (Å²) in [4.78, 5) is 14.8. The van der Waals surface area contributed by atoms with E-state index in [0.29, 0.717) is 11.3 Å². The first-order valence-electron chi connectivity index (χ1n) is 8.62. The van der Waals surface area contributed by atoms with E-state index in [1.54, 1.807) is 18.2 Å². The third-order valence-corrected chi connectivity index (χ3v) is 4.76. The molecule has 1 heterocycles. The Morgan fingerprint density at radius 1 is 1.20 bits per heavy atom. The lowest BCUT2D eigenvalue weighted by atomic mass is 10.0. The van der Waals surface area contributed by atoms with Gasteiger partial charge in [0.15, 0.2) is 0 Å². The number of halogens is 1. The van der Waals surface area contributed by atoms with Crippen LogP contribution in [0.1, 0.15) is 34.3 Å². The fourth-order valence-corrected chi connectivity index (χ4v) is 3.43. The third-order valence-electron chi connectivity index (χ3n) is 4.76. The summed E-state index contributed by atoms with van der Waals surface area (Å²) in [5.41, 5.74) is 9.87. The number of hydrogen-bond acceptors (Lipinski definition) is 3. The topological polar surface area (TPSA) is 58.4 Å². The van der Waals surface area contributed by atoms with Crippen molar-refractivity contribution in [1.29, 1.82) is 0 Å². The van der Waals surface area contributed by atoms with Gasteiger partial charge in [0.1, 0.15) is 5.82 Å². The summed E-state index contributed by atoms with van der Waals surface area (Å²) in [6, 6.07) is 10.3. The highest BCUT2D eigenvalue weighted by Crippen LogP contribution is 2.25. The van der Waals surface area contributed by atoms with Gasteiger partial charge in [-0.05, 0) is 68.1 Å². The summed E-state index contributed by atoms with van der Waals surface area (Å²) in [6.45, 7) is 5.45. The fourth-order valence-electron chi connectivity index (χ4n) is 3.43. The molecule has 1 saturated heterocycles. The Morgan fingerprint density at radius 3 is 2.76 bits per heavy atom. The van der Waals surface area contributed by atoms with Crippen LogP contribution in [0.15, 0.2) is 36.4 Å². The zero-order chi connectivity index (χ0) is 18.0. The van der Waals surface area contributed by atoms with Crippen LogP contribution in [-0.2, 0) is 0 Å². The van der Waals surface area contributed by atoms with Crippen molar-refractivity contribution in [3.05, 3.63) is 58.9 Å². The molecule has 0 aromatic heterocycles. The fraction of sp³-hybridized carbons (Fsp3) is 0.350. The molecule has 0 radical (unpaired) electrons. The van der Waals surface area contributed by atoms with E-state index in [9.17, 15) is 9.18 Å². The Bertz CT molecular complexity index is 791. The van der Waals surface area contributed by atoms with E-state index >= 15 is 0 Å². The predicted molar refractivity (Wildman–Crippen MR) is 99.4 cm³/mol. The number of nitrogen functional groups attached to an aromatic ring is 1. The van der Waals surface area contributed by atoms with Crippen LogP contribution in [0.5, 0.6) is 0 Å². The Balaban J connectivity index is 1.71. The van der Waals surface area contributed by atoms with E-state index in [1.165, 1.54) is 6.07 Å². The molecule has 1 aliphatic heterocycles. The molecule has 3 rings (SSSR count). The molecule has 0 saturated carbocycles. The second-order valence-electron chi connectivity index (χ2n) is 6.76. The van der Waals surface area contributed by atoms with Crippen molar-refractivity contribution in [1.82, 2.24) is 5.32 Å². The highest BCUT2D eigenvalue weighted by Gasteiger charge is 2.23. The van der Waals surface area contributed by atoms with Gasteiger partial charge in [0.25, 0.3) is 5.91 Å². The maximum Gasteiger partial charge on any atom is 0.251 e. The quantitative estimate of drug-likeness (QED) is 0.841. The number of benzene rings is 2. The van der Waals surface area contributed by atoms with Gasteiger partial charge in [0.2, 0.25) is 0 Å². The molecule has 2 aromatic rings. The number of carbonyl (C=O) groups is 1. The molecule has 1 atom stereocenters. The van der Waals surface area contributed by atoms with Crippen molar-refractivity contribution < 1.29 is 9.18 Å². The molecule has 132 valence electrons. The summed E-state index contributed by atoms with van der Waals surface area (Å²) < 4.78 is 13.3. The molecular formula is C20H24FN3O. The summed E-state index contributed by atoms with van der Waals surface area (Å²) >= 11 is 0. The normalized spacial score (nSPS) is 17.4. The molecule has 2 aromatic carbocycles. The van der Waals surface area contributed by atoms with Crippen molar-refractivity contribution in [3.8, 4) is 0 Å². The Hall–Kier alpha value is -2.56. The molecule has 0 bridgehead atoms. The van der Waals surface area contributed by atoms with Gasteiger partial charge < -0.3 is 16.0 Å². The zero-order valence-electron chi connectivity index (χ0n) is 14.7. The second-order valence-corrected chi connectivity index (χ2v) is 6.76. The molecule has 1 unspecified atom stereocenters. The third kappa shape index (κ3) is 3.92. The molecule has 25 heavy (non-hydrogen) atoms. The number of nitrogens with zero attached hydrogens (tertiary/aromatic N) is 1. The molecular weight excluding hydrogens is 317 g/mol. The lowest BCUT2D eigenvalue weighted by molar-refractivity contribution is 0.0932. The van der Waals surface area contributed by atoms with Gasteiger partial charge in [-0.15, -0.1) is 0 Å². The minimum Gasteiger partial charge on any atom is -0.399 e. The van der Waals surface area contributed by atoms with Crippen LogP contribution in [0.25, 0.3) is 0 Å². The minimum atomic E-state index is -0.222. The first-order chi connectivity index (χ1) is 11.9. The standard InChI is InChI=1S/C20H24FN3O/c1-13-5-7-16(22)11-18(13)20(25)23-17-4-3-9-24(12-17)19-8-6-15(21)10-14(19)2/h5-8,10-11,17H,3-4,9,12,22H2,1-2H3,(H,23,25). The minimum absolute atomic E-state index is 0.0616. The number of nitrogens with two attached hydrogens (primary N) is 1. The number of anilines is 2. The molecule has 4 nitrogen and oxygen atoms in total. The van der Waals surface area contributed by atoms with Crippen LogP contribution >= 0.6 is 0 Å². The van der Waals surface area contributed by atoms with Crippen molar-refractivity contribution >= 4 is 17.3 Å². The molecule has 1 fully saturated rings. The van der Waals surface area contributed by atoms with Gasteiger partial charge in [0.05, 0.1) is 0 Å². The Kier molecular flexibility index (Phi) is 4.93. The molecule has 1 amide bonds. The summed E-state index contributed by atoms with van der Waals surface area (Å²) in [6.07, 6.45) is 1.92. The molecule has 5 heteroatoms. The van der Waals surface area contributed by atoms with Crippen LogP contribution in [0.2, 0.25) is 0 Å². The van der Waals surface area contributed by atoms with E-state index in [0.717, 1.165) is 42.7 Å². The van der Waals surface area contributed by atoms with Crippen LogP contribution in [0, 0.1) is 19.7 Å². The summed E-state index contributed by atoms with van der Waals surface area (Å²) in [5, 5.41) is 3.12. The van der Waals surface area contributed by atoms with Gasteiger partial charge in [0, 0.05) is 36.1 Å². The Labute approximate surface area is 147 Å². The predicted octanol–water partition coefficient (Wildman–Crippen LogP) is 3.42. The zero-order valence-corrected chi connectivity index (χ0v) is 14.7. The average Bonchev–Trinajstić information content (AvgIpc) is 2.57. The first-order valence-corrected chi connectivity index (χ1v) is 8.62. The van der Waals surface area contributed by atoms with Gasteiger partial charge in [-0.2, -0.15) is 0 Å². The highest BCUT2D eigenvalue weighted by atomic mass is 19.1. The highest BCUT2D eigenvalue weighted by molar-refractivity contribution is 5.96. The van der Waals surface area contributed by atoms with Crippen molar-refractivity contribution in [2.75, 3.05) is 23.7 Å². The monoisotopic (exact) mass is 341 g/mol. The van der Waals surface area contributed by atoms with Gasteiger partial charge >= 0.3 is 0 Å². The maximum atomic E-state index is 13.3. The Morgan fingerprint density at radius 2 is 2.00 bits per heavy atom. The van der Waals surface area contributed by atoms with Gasteiger partial charge in [-0.25, -0.2) is 4.39 Å². The molecule has 0 aliphatic carbocycles. The van der Waals surface area contributed by atoms with E-state index in [4.69, 9.17) is 5.73 Å². The number of rotatable bonds is 3.